The number of methoxy groups -OCH3 is 1. The zero-order valence-electron chi connectivity index (χ0n) is 19.2. The summed E-state index contributed by atoms with van der Waals surface area (Å²) >= 11 is 0. The number of hydrogen-bond acceptors (Lipinski definition) is 5. The number of ether oxygens (including phenoxy) is 2. The third-order valence-corrected chi connectivity index (χ3v) is 6.49. The Bertz CT molecular complexity index is 913. The van der Waals surface area contributed by atoms with Gasteiger partial charge in [0.2, 0.25) is 11.8 Å². The Morgan fingerprint density at radius 1 is 1.00 bits per heavy atom. The molecule has 0 saturated carbocycles. The van der Waals surface area contributed by atoms with Gasteiger partial charge in [-0.05, 0) is 36.1 Å². The normalized spacial score (nSPS) is 19.1. The molecule has 0 aromatic heterocycles. The van der Waals surface area contributed by atoms with Crippen LogP contribution in [-0.2, 0) is 14.3 Å². The molecule has 0 radical (unpaired) electrons. The van der Waals surface area contributed by atoms with Crippen molar-refractivity contribution >= 4 is 11.8 Å². The maximum absolute atomic E-state index is 13.5. The Balaban J connectivity index is 1.54. The highest BCUT2D eigenvalue weighted by atomic mass is 16.5. The predicted octanol–water partition coefficient (Wildman–Crippen LogP) is 2.94. The molecule has 7 nitrogen and oxygen atoms in total. The molecule has 2 amide bonds. The molecule has 33 heavy (non-hydrogen) atoms. The van der Waals surface area contributed by atoms with E-state index in [0.717, 1.165) is 42.8 Å². The third kappa shape index (κ3) is 5.72. The second-order valence-corrected chi connectivity index (χ2v) is 8.54. The smallest absolute Gasteiger partial charge is 0.247 e. The lowest BCUT2D eigenvalue weighted by atomic mass is 9.99. The second-order valence-electron chi connectivity index (χ2n) is 8.54. The average molecular weight is 452 g/mol. The minimum absolute atomic E-state index is 0.0113. The summed E-state index contributed by atoms with van der Waals surface area (Å²) < 4.78 is 10.9. The van der Waals surface area contributed by atoms with Gasteiger partial charge in [-0.1, -0.05) is 42.5 Å². The number of hydrogen-bond donors (Lipinski definition) is 1. The van der Waals surface area contributed by atoms with Crippen LogP contribution in [-0.4, -0.2) is 68.1 Å². The Morgan fingerprint density at radius 3 is 2.39 bits per heavy atom. The first kappa shape index (κ1) is 23.3. The molecular formula is C26H33N3O4. The van der Waals surface area contributed by atoms with Crippen molar-refractivity contribution in [3.8, 4) is 5.75 Å². The zero-order valence-corrected chi connectivity index (χ0v) is 19.2. The van der Waals surface area contributed by atoms with Crippen LogP contribution in [0.1, 0.15) is 42.5 Å². The van der Waals surface area contributed by atoms with Crippen LogP contribution in [0.3, 0.4) is 0 Å². The van der Waals surface area contributed by atoms with Crippen LogP contribution in [0, 0.1) is 0 Å². The van der Waals surface area contributed by atoms with Gasteiger partial charge in [0.1, 0.15) is 11.8 Å². The van der Waals surface area contributed by atoms with E-state index in [1.54, 1.807) is 12.0 Å². The minimum Gasteiger partial charge on any atom is -0.497 e. The van der Waals surface area contributed by atoms with E-state index in [2.05, 4.69) is 10.2 Å². The van der Waals surface area contributed by atoms with Gasteiger partial charge in [0, 0.05) is 32.6 Å². The van der Waals surface area contributed by atoms with Gasteiger partial charge in [0.05, 0.1) is 26.4 Å². The molecule has 2 aromatic carbocycles. The van der Waals surface area contributed by atoms with Gasteiger partial charge in [-0.15, -0.1) is 0 Å². The lowest BCUT2D eigenvalue weighted by Crippen LogP contribution is -2.48. The van der Waals surface area contributed by atoms with Crippen molar-refractivity contribution in [2.45, 2.75) is 31.3 Å². The molecule has 7 heteroatoms. The number of amides is 2. The maximum Gasteiger partial charge on any atom is 0.247 e. The Labute approximate surface area is 195 Å². The molecule has 2 heterocycles. The first-order valence-electron chi connectivity index (χ1n) is 11.8. The number of rotatable bonds is 8. The molecule has 2 unspecified atom stereocenters. The van der Waals surface area contributed by atoms with Gasteiger partial charge < -0.3 is 19.7 Å². The van der Waals surface area contributed by atoms with Gasteiger partial charge >= 0.3 is 0 Å². The molecule has 0 aliphatic carbocycles. The van der Waals surface area contributed by atoms with Crippen molar-refractivity contribution in [2.75, 3.05) is 46.5 Å². The molecule has 2 saturated heterocycles. The molecule has 176 valence electrons. The van der Waals surface area contributed by atoms with Crippen LogP contribution in [0.15, 0.2) is 54.6 Å². The van der Waals surface area contributed by atoms with Crippen molar-refractivity contribution in [1.82, 2.24) is 15.1 Å². The van der Waals surface area contributed by atoms with Crippen molar-refractivity contribution in [1.29, 1.82) is 0 Å². The van der Waals surface area contributed by atoms with E-state index in [9.17, 15) is 9.59 Å². The first-order chi connectivity index (χ1) is 16.2. The number of benzene rings is 2. The average Bonchev–Trinajstić information content (AvgIpc) is 2.87. The molecule has 2 aliphatic heterocycles. The quantitative estimate of drug-likeness (QED) is 0.668. The summed E-state index contributed by atoms with van der Waals surface area (Å²) in [7, 11) is 1.65. The molecule has 2 fully saturated rings. The van der Waals surface area contributed by atoms with E-state index >= 15 is 0 Å². The summed E-state index contributed by atoms with van der Waals surface area (Å²) in [5, 5.41) is 3.18. The Kier molecular flexibility index (Phi) is 7.96. The molecular weight excluding hydrogens is 418 g/mol. The van der Waals surface area contributed by atoms with Gasteiger partial charge in [0.15, 0.2) is 0 Å². The monoisotopic (exact) mass is 451 g/mol. The predicted molar refractivity (Wildman–Crippen MR) is 126 cm³/mol. The summed E-state index contributed by atoms with van der Waals surface area (Å²) in [6.07, 6.45) is 2.30. The van der Waals surface area contributed by atoms with E-state index < -0.39 is 6.04 Å². The number of carbonyl (C=O) groups is 2. The molecule has 1 N–H and O–H groups in total. The van der Waals surface area contributed by atoms with Crippen LogP contribution < -0.4 is 10.1 Å². The van der Waals surface area contributed by atoms with Crippen LogP contribution in [0.25, 0.3) is 0 Å². The molecule has 2 atom stereocenters. The third-order valence-electron chi connectivity index (χ3n) is 6.49. The summed E-state index contributed by atoms with van der Waals surface area (Å²) in [5.74, 6) is 0.713. The van der Waals surface area contributed by atoms with Crippen LogP contribution in [0.2, 0.25) is 0 Å². The van der Waals surface area contributed by atoms with E-state index in [1.807, 2.05) is 54.6 Å². The van der Waals surface area contributed by atoms with E-state index in [1.165, 1.54) is 0 Å². The highest BCUT2D eigenvalue weighted by Gasteiger charge is 2.33. The molecule has 2 aliphatic rings. The molecule has 0 spiro atoms. The zero-order chi connectivity index (χ0) is 23.0. The fourth-order valence-electron chi connectivity index (χ4n) is 4.67. The van der Waals surface area contributed by atoms with Crippen molar-refractivity contribution < 1.29 is 19.1 Å². The van der Waals surface area contributed by atoms with Gasteiger partial charge in [0.25, 0.3) is 0 Å². The van der Waals surface area contributed by atoms with Crippen molar-refractivity contribution in [2.24, 2.45) is 0 Å². The van der Waals surface area contributed by atoms with Gasteiger partial charge in [-0.2, -0.15) is 0 Å². The standard InChI is InChI=1S/C26H33N3O4/c1-32-22-12-10-20(11-13-22)23(28-15-17-33-18-16-28)19-27-26(31)25(21-7-3-2-4-8-21)29-14-6-5-9-24(29)30/h2-4,7-8,10-13,23,25H,5-6,9,14-19H2,1H3,(H,27,31). The van der Waals surface area contributed by atoms with Gasteiger partial charge in [-0.25, -0.2) is 0 Å². The highest BCUT2D eigenvalue weighted by Crippen LogP contribution is 2.27. The summed E-state index contributed by atoms with van der Waals surface area (Å²) in [6, 6.07) is 17.0. The van der Waals surface area contributed by atoms with Gasteiger partial charge in [-0.3, -0.25) is 14.5 Å². The lowest BCUT2D eigenvalue weighted by molar-refractivity contribution is -0.142. The number of nitrogens with zero attached hydrogens (tertiary/aromatic N) is 2. The van der Waals surface area contributed by atoms with Crippen molar-refractivity contribution in [3.63, 3.8) is 0 Å². The first-order valence-corrected chi connectivity index (χ1v) is 11.8. The van der Waals surface area contributed by atoms with Crippen LogP contribution in [0.4, 0.5) is 0 Å². The number of carbonyl (C=O) groups excluding carboxylic acids is 2. The van der Waals surface area contributed by atoms with Crippen LogP contribution in [0.5, 0.6) is 5.75 Å². The maximum atomic E-state index is 13.5. The summed E-state index contributed by atoms with van der Waals surface area (Å²) in [5.41, 5.74) is 1.96. The summed E-state index contributed by atoms with van der Waals surface area (Å²) in [4.78, 5) is 30.3. The number of likely N-dealkylation sites (tertiary alicyclic amines) is 1. The molecule has 0 bridgehead atoms. The minimum atomic E-state index is -0.611. The highest BCUT2D eigenvalue weighted by molar-refractivity contribution is 5.89. The topological polar surface area (TPSA) is 71.1 Å². The molecule has 4 rings (SSSR count). The SMILES string of the molecule is COc1ccc(C(CNC(=O)C(c2ccccc2)N2CCCCC2=O)N2CCOCC2)cc1. The lowest BCUT2D eigenvalue weighted by Gasteiger charge is -2.37. The largest absolute Gasteiger partial charge is 0.497 e. The van der Waals surface area contributed by atoms with Crippen molar-refractivity contribution in [3.05, 3.63) is 65.7 Å². The Hall–Kier alpha value is -2.90. The fraction of sp³-hybridized carbons (Fsp3) is 0.462. The van der Waals surface area contributed by atoms with Crippen LogP contribution >= 0.6 is 0 Å². The van der Waals surface area contributed by atoms with E-state index in [0.29, 0.717) is 32.7 Å². The fourth-order valence-corrected chi connectivity index (χ4v) is 4.67. The number of nitrogens with one attached hydrogen (secondary N) is 1. The number of piperidine rings is 1. The second kappa shape index (κ2) is 11.3. The summed E-state index contributed by atoms with van der Waals surface area (Å²) in [6.45, 7) is 4.03. The Morgan fingerprint density at radius 2 is 1.73 bits per heavy atom. The molecule has 2 aromatic rings. The van der Waals surface area contributed by atoms with E-state index in [4.69, 9.17) is 9.47 Å². The van der Waals surface area contributed by atoms with E-state index in [-0.39, 0.29) is 17.9 Å². The number of morpholine rings is 1.